The number of nitrogens with one attached hydrogen (secondary N) is 1. The molecule has 6 nitrogen and oxygen atoms in total. The number of methoxy groups -OCH3 is 2. The van der Waals surface area contributed by atoms with Crippen molar-refractivity contribution in [3.63, 3.8) is 0 Å². The van der Waals surface area contributed by atoms with Crippen molar-refractivity contribution in [1.82, 2.24) is 0 Å². The summed E-state index contributed by atoms with van der Waals surface area (Å²) < 4.78 is 10.5. The molecule has 0 aliphatic carbocycles. The highest BCUT2D eigenvalue weighted by Crippen LogP contribution is 2.31. The number of para-hydroxylation sites is 1. The smallest absolute Gasteiger partial charge is 0.306 e. The fourth-order valence-corrected chi connectivity index (χ4v) is 2.43. The van der Waals surface area contributed by atoms with Crippen molar-refractivity contribution in [3.8, 4) is 11.5 Å². The van der Waals surface area contributed by atoms with Crippen LogP contribution in [0.1, 0.15) is 22.8 Å². The van der Waals surface area contributed by atoms with E-state index in [0.717, 1.165) is 5.56 Å². The van der Waals surface area contributed by atoms with Gasteiger partial charge in [0.15, 0.2) is 11.5 Å². The zero-order valence-electron chi connectivity index (χ0n) is 14.4. The van der Waals surface area contributed by atoms with Crippen LogP contribution in [0.25, 0.3) is 0 Å². The second-order valence-electron chi connectivity index (χ2n) is 5.64. The number of carbonyl (C=O) groups is 2. The Kier molecular flexibility index (Phi) is 6.00. The number of carbonyl (C=O) groups excluding carboxylic acids is 1. The van der Waals surface area contributed by atoms with Gasteiger partial charge in [0.1, 0.15) is 0 Å². The van der Waals surface area contributed by atoms with Gasteiger partial charge < -0.3 is 19.9 Å². The maximum Gasteiger partial charge on any atom is 0.306 e. The highest BCUT2D eigenvalue weighted by Gasteiger charge is 2.16. The molecule has 2 rings (SSSR count). The SMILES string of the molecule is COc1cccc(C(=O)Nc2ccc(CC(C)C(=O)O)cc2)c1OC. The molecule has 1 unspecified atom stereocenters. The minimum Gasteiger partial charge on any atom is -0.493 e. The van der Waals surface area contributed by atoms with E-state index in [2.05, 4.69) is 5.32 Å². The molecule has 0 aromatic heterocycles. The van der Waals surface area contributed by atoms with Gasteiger partial charge in [-0.25, -0.2) is 0 Å². The molecule has 0 radical (unpaired) electrons. The van der Waals surface area contributed by atoms with Crippen LogP contribution in [0.4, 0.5) is 5.69 Å². The number of hydrogen-bond donors (Lipinski definition) is 2. The normalized spacial score (nSPS) is 11.5. The van der Waals surface area contributed by atoms with Gasteiger partial charge in [-0.1, -0.05) is 25.1 Å². The molecule has 25 heavy (non-hydrogen) atoms. The highest BCUT2D eigenvalue weighted by molar-refractivity contribution is 6.06. The minimum absolute atomic E-state index is 0.317. The monoisotopic (exact) mass is 343 g/mol. The molecule has 0 spiro atoms. The van der Waals surface area contributed by atoms with Crippen LogP contribution in [0.3, 0.4) is 0 Å². The molecule has 2 aromatic carbocycles. The molecule has 0 saturated carbocycles. The van der Waals surface area contributed by atoms with Crippen molar-refractivity contribution in [1.29, 1.82) is 0 Å². The molecular weight excluding hydrogens is 322 g/mol. The Morgan fingerprint density at radius 1 is 1.08 bits per heavy atom. The average Bonchev–Trinajstić information content (AvgIpc) is 2.62. The van der Waals surface area contributed by atoms with Crippen LogP contribution < -0.4 is 14.8 Å². The molecule has 0 bridgehead atoms. The van der Waals surface area contributed by atoms with Crippen molar-refractivity contribution < 1.29 is 24.2 Å². The maximum atomic E-state index is 12.5. The summed E-state index contributed by atoms with van der Waals surface area (Å²) in [6, 6.07) is 12.2. The summed E-state index contributed by atoms with van der Waals surface area (Å²) in [6.07, 6.45) is 0.438. The first-order valence-corrected chi connectivity index (χ1v) is 7.80. The summed E-state index contributed by atoms with van der Waals surface area (Å²) in [5, 5.41) is 11.8. The predicted molar refractivity (Wildman–Crippen MR) is 94.4 cm³/mol. The largest absolute Gasteiger partial charge is 0.493 e. The van der Waals surface area contributed by atoms with Gasteiger partial charge in [0.05, 0.1) is 25.7 Å². The van der Waals surface area contributed by atoms with Crippen LogP contribution >= 0.6 is 0 Å². The topological polar surface area (TPSA) is 84.9 Å². The first kappa shape index (κ1) is 18.3. The van der Waals surface area contributed by atoms with E-state index in [1.54, 1.807) is 49.4 Å². The zero-order valence-corrected chi connectivity index (χ0v) is 14.4. The molecule has 0 heterocycles. The lowest BCUT2D eigenvalue weighted by Crippen LogP contribution is -2.14. The van der Waals surface area contributed by atoms with Gasteiger partial charge in [-0.05, 0) is 36.2 Å². The maximum absolute atomic E-state index is 12.5. The van der Waals surface area contributed by atoms with Crippen LogP contribution in [-0.2, 0) is 11.2 Å². The van der Waals surface area contributed by atoms with Crippen molar-refractivity contribution >= 4 is 17.6 Å². The molecular formula is C19H21NO5. The second kappa shape index (κ2) is 8.19. The molecule has 1 amide bonds. The third-order valence-electron chi connectivity index (χ3n) is 3.82. The molecule has 0 fully saturated rings. The summed E-state index contributed by atoms with van der Waals surface area (Å²) in [4.78, 5) is 23.4. The Labute approximate surface area is 146 Å². The third-order valence-corrected chi connectivity index (χ3v) is 3.82. The zero-order chi connectivity index (χ0) is 18.4. The Balaban J connectivity index is 2.12. The average molecular weight is 343 g/mol. The first-order valence-electron chi connectivity index (χ1n) is 7.80. The highest BCUT2D eigenvalue weighted by atomic mass is 16.5. The summed E-state index contributed by atoms with van der Waals surface area (Å²) in [6.45, 7) is 1.66. The lowest BCUT2D eigenvalue weighted by Gasteiger charge is -2.13. The summed E-state index contributed by atoms with van der Waals surface area (Å²) in [5.41, 5.74) is 1.87. The number of hydrogen-bond acceptors (Lipinski definition) is 4. The molecule has 0 saturated heterocycles. The Hall–Kier alpha value is -3.02. The quantitative estimate of drug-likeness (QED) is 0.806. The van der Waals surface area contributed by atoms with Crippen LogP contribution in [0.15, 0.2) is 42.5 Å². The van der Waals surface area contributed by atoms with E-state index in [-0.39, 0.29) is 5.91 Å². The van der Waals surface area contributed by atoms with Crippen LogP contribution in [0.2, 0.25) is 0 Å². The van der Waals surface area contributed by atoms with E-state index in [1.165, 1.54) is 14.2 Å². The summed E-state index contributed by atoms with van der Waals surface area (Å²) >= 11 is 0. The van der Waals surface area contributed by atoms with Crippen LogP contribution in [-0.4, -0.2) is 31.2 Å². The van der Waals surface area contributed by atoms with E-state index < -0.39 is 11.9 Å². The number of rotatable bonds is 7. The molecule has 0 aliphatic rings. The Morgan fingerprint density at radius 2 is 1.76 bits per heavy atom. The third kappa shape index (κ3) is 4.50. The summed E-state index contributed by atoms with van der Waals surface area (Å²) in [5.74, 6) is -0.756. The minimum atomic E-state index is -0.831. The van der Waals surface area contributed by atoms with Crippen LogP contribution in [0, 0.1) is 5.92 Å². The van der Waals surface area contributed by atoms with E-state index in [9.17, 15) is 9.59 Å². The first-order chi connectivity index (χ1) is 12.0. The standard InChI is InChI=1S/C19H21NO5/c1-12(19(22)23)11-13-7-9-14(10-8-13)20-18(21)15-5-4-6-16(24-2)17(15)25-3/h4-10,12H,11H2,1-3H3,(H,20,21)(H,22,23). The number of anilines is 1. The molecule has 0 aliphatic heterocycles. The lowest BCUT2D eigenvalue weighted by molar-refractivity contribution is -0.141. The Morgan fingerprint density at radius 3 is 2.32 bits per heavy atom. The van der Waals surface area contributed by atoms with E-state index in [1.807, 2.05) is 0 Å². The number of amides is 1. The molecule has 2 aromatic rings. The predicted octanol–water partition coefficient (Wildman–Crippen LogP) is 3.22. The van der Waals surface area contributed by atoms with Gasteiger partial charge in [0.2, 0.25) is 0 Å². The lowest BCUT2D eigenvalue weighted by atomic mass is 10.0. The molecule has 6 heteroatoms. The van der Waals surface area contributed by atoms with Crippen molar-refractivity contribution in [2.75, 3.05) is 19.5 Å². The van der Waals surface area contributed by atoms with Crippen LogP contribution in [0.5, 0.6) is 11.5 Å². The summed E-state index contributed by atoms with van der Waals surface area (Å²) in [7, 11) is 2.99. The van der Waals surface area contributed by atoms with Gasteiger partial charge in [-0.3, -0.25) is 9.59 Å². The van der Waals surface area contributed by atoms with E-state index in [4.69, 9.17) is 14.6 Å². The number of ether oxygens (including phenoxy) is 2. The second-order valence-corrected chi connectivity index (χ2v) is 5.64. The molecule has 2 N–H and O–H groups in total. The van der Waals surface area contributed by atoms with E-state index in [0.29, 0.717) is 29.2 Å². The molecule has 1 atom stereocenters. The fourth-order valence-electron chi connectivity index (χ4n) is 2.43. The van der Waals surface area contributed by atoms with E-state index >= 15 is 0 Å². The van der Waals surface area contributed by atoms with Gasteiger partial charge in [-0.15, -0.1) is 0 Å². The fraction of sp³-hybridized carbons (Fsp3) is 0.263. The number of benzene rings is 2. The number of carboxylic acid groups (broad SMARTS) is 1. The number of carboxylic acids is 1. The van der Waals surface area contributed by atoms with Crippen molar-refractivity contribution in [3.05, 3.63) is 53.6 Å². The van der Waals surface area contributed by atoms with Gasteiger partial charge in [0, 0.05) is 5.69 Å². The van der Waals surface area contributed by atoms with Gasteiger partial charge >= 0.3 is 5.97 Å². The van der Waals surface area contributed by atoms with Crippen molar-refractivity contribution in [2.24, 2.45) is 5.92 Å². The number of aliphatic carboxylic acids is 1. The van der Waals surface area contributed by atoms with Gasteiger partial charge in [0.25, 0.3) is 5.91 Å². The molecule has 132 valence electrons. The van der Waals surface area contributed by atoms with Crippen molar-refractivity contribution in [2.45, 2.75) is 13.3 Å². The Bertz CT molecular complexity index is 755. The van der Waals surface area contributed by atoms with Gasteiger partial charge in [-0.2, -0.15) is 0 Å².